The van der Waals surface area contributed by atoms with Gasteiger partial charge in [0.15, 0.2) is 0 Å². The van der Waals surface area contributed by atoms with Gasteiger partial charge >= 0.3 is 0 Å². The van der Waals surface area contributed by atoms with Crippen LogP contribution in [-0.4, -0.2) is 41.3 Å². The summed E-state index contributed by atoms with van der Waals surface area (Å²) in [6.07, 6.45) is 0. The van der Waals surface area contributed by atoms with Gasteiger partial charge in [0.05, 0.1) is 31.4 Å². The number of aromatic nitrogens is 4. The van der Waals surface area contributed by atoms with E-state index >= 15 is 0 Å². The lowest BCUT2D eigenvalue weighted by Crippen LogP contribution is -2.19. The highest BCUT2D eigenvalue weighted by Gasteiger charge is 2.20. The molecule has 13 heteroatoms. The van der Waals surface area contributed by atoms with E-state index in [4.69, 9.17) is 34.1 Å². The smallest absolute Gasteiger partial charge is 0.225 e. The van der Waals surface area contributed by atoms with E-state index in [9.17, 15) is 0 Å². The largest absolute Gasteiger partial charge is 0.497 e. The zero-order chi connectivity index (χ0) is 56.2. The van der Waals surface area contributed by atoms with Crippen molar-refractivity contribution in [2.45, 2.75) is 72.2 Å². The number of hydrogen-bond donors (Lipinski definition) is 3. The van der Waals surface area contributed by atoms with E-state index in [1.54, 1.807) is 44.9 Å². The summed E-state index contributed by atoms with van der Waals surface area (Å²) < 4.78 is 16.9. The van der Waals surface area contributed by atoms with Crippen LogP contribution >= 0.6 is 23.5 Å². The first-order valence-corrected chi connectivity index (χ1v) is 29.0. The average molecular weight is 1120 g/mol. The van der Waals surface area contributed by atoms with Gasteiger partial charge in [-0.2, -0.15) is 9.97 Å². The van der Waals surface area contributed by atoms with Gasteiger partial charge in [-0.05, 0) is 129 Å². The van der Waals surface area contributed by atoms with E-state index in [0.29, 0.717) is 50.7 Å². The lowest BCUT2D eigenvalue weighted by Gasteiger charge is -2.26. The number of methoxy groups -OCH3 is 3. The van der Waals surface area contributed by atoms with Crippen LogP contribution in [0.4, 0.5) is 34.9 Å². The summed E-state index contributed by atoms with van der Waals surface area (Å²) in [5, 5.41) is 12.9. The molecule has 2 heterocycles. The zero-order valence-corrected chi connectivity index (χ0v) is 48.2. The number of nitrogens with one attached hydrogen (secondary N) is 3. The van der Waals surface area contributed by atoms with Crippen molar-refractivity contribution in [2.75, 3.05) is 42.2 Å². The van der Waals surface area contributed by atoms with Gasteiger partial charge in [0.1, 0.15) is 17.4 Å². The Labute approximate surface area is 488 Å². The predicted molar refractivity (Wildman–Crippen MR) is 337 cm³/mol. The normalized spacial score (nSPS) is 11.3. The van der Waals surface area contributed by atoms with Crippen molar-refractivity contribution in [2.24, 2.45) is 0 Å². The Bertz CT molecular complexity index is 3980. The molecule has 2 aromatic heterocycles. The highest BCUT2D eigenvalue weighted by Crippen LogP contribution is 2.40. The zero-order valence-electron chi connectivity index (χ0n) is 46.6. The third-order valence-corrected chi connectivity index (χ3v) is 16.6. The fraction of sp³-hybridized carbons (Fsp3) is 0.159. The minimum atomic E-state index is 0.294. The van der Waals surface area contributed by atoms with Crippen LogP contribution in [0.1, 0.15) is 53.1 Å². The van der Waals surface area contributed by atoms with E-state index in [1.165, 1.54) is 5.56 Å². The predicted octanol–water partition coefficient (Wildman–Crippen LogP) is 17.3. The van der Waals surface area contributed by atoms with Crippen LogP contribution < -0.4 is 25.6 Å². The summed E-state index contributed by atoms with van der Waals surface area (Å²) in [5.41, 5.74) is 12.6. The van der Waals surface area contributed by atoms with Crippen molar-refractivity contribution < 1.29 is 14.2 Å². The molecule has 410 valence electrons. The van der Waals surface area contributed by atoms with Crippen LogP contribution in [0.25, 0.3) is 32.9 Å². The quantitative estimate of drug-likeness (QED) is 0.0565. The van der Waals surface area contributed by atoms with Crippen LogP contribution in [0.2, 0.25) is 0 Å². The van der Waals surface area contributed by atoms with Gasteiger partial charge in [-0.25, -0.2) is 9.97 Å². The first-order valence-electron chi connectivity index (χ1n) is 27.4. The summed E-state index contributed by atoms with van der Waals surface area (Å²) in [5.74, 6) is 3.68. The number of nitrogens with zero attached hydrogens (tertiary/aromatic N) is 5. The van der Waals surface area contributed by atoms with Crippen LogP contribution in [0.15, 0.2) is 232 Å². The second kappa shape index (κ2) is 26.3. The Morgan fingerprint density at radius 1 is 0.476 bits per heavy atom. The van der Waals surface area contributed by atoms with E-state index in [1.807, 2.05) is 36.4 Å². The molecule has 9 aromatic carbocycles. The molecule has 0 saturated heterocycles. The molecule has 11 aromatic rings. The maximum absolute atomic E-state index is 5.81. The second-order valence-corrected chi connectivity index (χ2v) is 22.2. The van der Waals surface area contributed by atoms with Crippen LogP contribution in [0.5, 0.6) is 5.75 Å². The number of ether oxygens (including phenoxy) is 3. The second-order valence-electron chi connectivity index (χ2n) is 20.1. The summed E-state index contributed by atoms with van der Waals surface area (Å²) in [7, 11) is 5.16. The lowest BCUT2D eigenvalue weighted by atomic mass is 10.0. The van der Waals surface area contributed by atoms with Crippen molar-refractivity contribution in [1.29, 1.82) is 0 Å². The van der Waals surface area contributed by atoms with Gasteiger partial charge in [-0.15, -0.1) is 0 Å². The molecule has 0 aliphatic rings. The number of anilines is 6. The average Bonchev–Trinajstić information content (AvgIpc) is 3.67. The molecule has 3 N–H and O–H groups in total. The molecule has 0 bridgehead atoms. The number of rotatable bonds is 23. The molecule has 0 radical (unpaired) electrons. The summed E-state index contributed by atoms with van der Waals surface area (Å²) >= 11 is 3.47. The van der Waals surface area contributed by atoms with Crippen molar-refractivity contribution in [3.05, 3.63) is 246 Å². The van der Waals surface area contributed by atoms with Gasteiger partial charge in [-0.3, -0.25) is 0 Å². The Balaban J connectivity index is 0.889. The topological polar surface area (TPSA) is 119 Å². The minimum Gasteiger partial charge on any atom is -0.497 e. The fourth-order valence-corrected chi connectivity index (χ4v) is 12.1. The van der Waals surface area contributed by atoms with Crippen molar-refractivity contribution in [3.63, 3.8) is 0 Å². The third-order valence-electron chi connectivity index (χ3n) is 14.2. The van der Waals surface area contributed by atoms with E-state index < -0.39 is 0 Å². The van der Waals surface area contributed by atoms with E-state index in [0.717, 1.165) is 109 Å². The van der Waals surface area contributed by atoms with Crippen LogP contribution in [-0.2, 0) is 42.3 Å². The first-order chi connectivity index (χ1) is 40.3. The van der Waals surface area contributed by atoms with Gasteiger partial charge in [0, 0.05) is 75.6 Å². The molecular weight excluding hydrogens is 1050 g/mol. The Kier molecular flexibility index (Phi) is 17.7. The molecule has 11 rings (SSSR count). The molecule has 0 amide bonds. The van der Waals surface area contributed by atoms with Crippen molar-refractivity contribution >= 4 is 80.2 Å². The number of hydrogen-bond acceptors (Lipinski definition) is 13. The molecule has 82 heavy (non-hydrogen) atoms. The molecule has 0 fully saturated rings. The summed E-state index contributed by atoms with van der Waals surface area (Å²) in [4.78, 5) is 27.4. The third kappa shape index (κ3) is 13.0. The summed E-state index contributed by atoms with van der Waals surface area (Å²) in [6, 6.07) is 73.7. The van der Waals surface area contributed by atoms with E-state index in [-0.39, 0.29) is 0 Å². The number of benzene rings is 9. The fourth-order valence-electron chi connectivity index (χ4n) is 9.95. The minimum absolute atomic E-state index is 0.294. The van der Waals surface area contributed by atoms with Crippen LogP contribution in [0, 0.1) is 0 Å². The molecular formula is C69H64N8O3S2. The molecule has 0 aliphatic carbocycles. The van der Waals surface area contributed by atoms with E-state index in [2.05, 4.69) is 211 Å². The summed E-state index contributed by atoms with van der Waals surface area (Å²) in [6.45, 7) is 7.07. The van der Waals surface area contributed by atoms with Gasteiger partial charge in [0.2, 0.25) is 11.9 Å². The van der Waals surface area contributed by atoms with Gasteiger partial charge in [-0.1, -0.05) is 171 Å². The van der Waals surface area contributed by atoms with Crippen LogP contribution in [0.3, 0.4) is 0 Å². The highest BCUT2D eigenvalue weighted by atomic mass is 32.2. The molecule has 0 spiro atoms. The van der Waals surface area contributed by atoms with Gasteiger partial charge < -0.3 is 35.1 Å². The standard InChI is InChI=1S/C69H64N8O3S2/c1-46(2)56-24-12-14-26-59(56)72-66-58-39-48(33-38-61(58)74-68(75-66)70-41-50-21-9-16-28-62(50)81-64-30-18-11-23-52(64)44-78-3)49-31-32-53(45-79-4)65(40-49)82-63-29-17-10-22-51(63)42-71-69-73-60-27-15-13-25-57(60)67(76-69)77(43-47-19-7-6-8-20-47)54-34-36-55(80-5)37-35-54/h6-40,46H,41-45H2,1-5H3,(H,71,73,76)(H2,70,72,74,75). The molecule has 0 saturated carbocycles. The maximum Gasteiger partial charge on any atom is 0.225 e. The maximum atomic E-state index is 5.81. The molecule has 0 unspecified atom stereocenters. The Morgan fingerprint density at radius 2 is 1.02 bits per heavy atom. The lowest BCUT2D eigenvalue weighted by molar-refractivity contribution is 0.183. The number of para-hydroxylation sites is 2. The molecule has 0 atom stereocenters. The molecule has 0 aliphatic heterocycles. The Hall–Kier alpha value is -8.72. The van der Waals surface area contributed by atoms with Gasteiger partial charge in [0.25, 0.3) is 0 Å². The monoisotopic (exact) mass is 1120 g/mol. The SMILES string of the molecule is COCc1ccccc1Sc1ccccc1CNc1nc(Nc2ccccc2C(C)C)c2cc(-c3ccc(COC)c(Sc4ccccc4CNc4nc(N(Cc5ccccc5)c5ccc(OC)cc5)c5ccccc5n4)c3)ccc2n1. The molecule has 11 nitrogen and oxygen atoms in total. The number of fused-ring (bicyclic) bond motifs is 2. The van der Waals surface area contributed by atoms with Crippen molar-refractivity contribution in [3.8, 4) is 16.9 Å². The first kappa shape index (κ1) is 55.2. The Morgan fingerprint density at radius 3 is 1.71 bits per heavy atom. The van der Waals surface area contributed by atoms with Crippen molar-refractivity contribution in [1.82, 2.24) is 19.9 Å². The highest BCUT2D eigenvalue weighted by molar-refractivity contribution is 7.99.